The van der Waals surface area contributed by atoms with Gasteiger partial charge in [-0.1, -0.05) is 29.8 Å². The molecule has 1 nitrogen and oxygen atoms in total. The van der Waals surface area contributed by atoms with Gasteiger partial charge in [0.05, 0.1) is 0 Å². The Balaban J connectivity index is 0.000000322. The van der Waals surface area contributed by atoms with Crippen molar-refractivity contribution in [2.24, 2.45) is 0 Å². The van der Waals surface area contributed by atoms with E-state index in [9.17, 15) is 16.9 Å². The van der Waals surface area contributed by atoms with Crippen LogP contribution in [0.3, 0.4) is 0 Å². The molecule has 0 aliphatic heterocycles. The van der Waals surface area contributed by atoms with E-state index in [0.29, 0.717) is 0 Å². The zero-order valence-corrected chi connectivity index (χ0v) is 15.5. The summed E-state index contributed by atoms with van der Waals surface area (Å²) in [5, 5.41) is 0.776. The summed E-state index contributed by atoms with van der Waals surface area (Å²) in [6, 6.07) is 14.1. The molecule has 130 valence electrons. The molecule has 0 unspecified atom stereocenters. The number of pyridine rings is 1. The van der Waals surface area contributed by atoms with Gasteiger partial charge in [0.2, 0.25) is 0 Å². The van der Waals surface area contributed by atoms with E-state index in [1.165, 1.54) is 5.56 Å². The fourth-order valence-electron chi connectivity index (χ4n) is 1.78. The zero-order chi connectivity index (χ0) is 18.0. The number of halogens is 7. The van der Waals surface area contributed by atoms with Gasteiger partial charge in [-0.15, -0.1) is 0 Å². The van der Waals surface area contributed by atoms with E-state index < -0.39 is 19.5 Å². The van der Waals surface area contributed by atoms with Gasteiger partial charge in [-0.05, 0) is 12.1 Å². The average Bonchev–Trinajstić information content (AvgIpc) is 2.36. The quantitative estimate of drug-likeness (QED) is 0.309. The molecule has 0 spiro atoms. The molecule has 0 atom stereocenters. The summed E-state index contributed by atoms with van der Waals surface area (Å²) in [5.74, 6) is 0. The van der Waals surface area contributed by atoms with Crippen molar-refractivity contribution in [3.63, 3.8) is 0 Å². The van der Waals surface area contributed by atoms with Gasteiger partial charge in [0.25, 0.3) is 0 Å². The third-order valence-electron chi connectivity index (χ3n) is 2.91. The molecule has 9 heteroatoms. The zero-order valence-electron chi connectivity index (χ0n) is 12.2. The molecule has 0 N–H and O–H groups in total. The minimum atomic E-state index is -11.2. The summed E-state index contributed by atoms with van der Waals surface area (Å²) < 4.78 is 61.7. The van der Waals surface area contributed by atoms with Crippen LogP contribution >= 0.6 is 11.6 Å². The first-order chi connectivity index (χ1) is 10.1. The van der Waals surface area contributed by atoms with Crippen LogP contribution in [0.4, 0.5) is 16.9 Å². The molecule has 0 saturated heterocycles. The molecule has 0 aliphatic rings. The van der Waals surface area contributed by atoms with Crippen LogP contribution in [0.25, 0.3) is 0 Å². The summed E-state index contributed by atoms with van der Waals surface area (Å²) in [5.41, 5.74) is 1.18. The van der Waals surface area contributed by atoms with E-state index in [4.69, 9.17) is 11.6 Å². The van der Waals surface area contributed by atoms with Crippen LogP contribution in [0.5, 0.6) is 0 Å². The Hall–Kier alpha value is -0.942. The predicted molar refractivity (Wildman–Crippen MR) is 78.9 cm³/mol. The van der Waals surface area contributed by atoms with Crippen molar-refractivity contribution in [1.29, 1.82) is 0 Å². The molecule has 1 heterocycles. The van der Waals surface area contributed by atoms with Crippen molar-refractivity contribution in [2.75, 3.05) is 0 Å². The Bertz CT molecular complexity index is 642. The van der Waals surface area contributed by atoms with Gasteiger partial charge in [-0.2, -0.15) is 4.57 Å². The van der Waals surface area contributed by atoms with Crippen LogP contribution in [0.2, 0.25) is 5.02 Å². The van der Waals surface area contributed by atoms with Crippen LogP contribution in [0, 0.1) is 0 Å². The monoisotopic (exact) mass is 467 g/mol. The standard InChI is InChI=1S/C14H15ClN.6FH.Sb/c1-14(2,16-10-4-3-5-11-16)12-6-8-13(15)9-7-12;;;;;;;/h3-11H,1-2H3;6*1H;/q+1;;;;;;;+5/p-6. The predicted octanol–water partition coefficient (Wildman–Crippen LogP) is 5.55. The second-order valence-corrected chi connectivity index (χ2v) is 11.2. The Labute approximate surface area is 137 Å². The van der Waals surface area contributed by atoms with Crippen LogP contribution in [-0.4, -0.2) is 19.5 Å². The Morgan fingerprint density at radius 1 is 0.826 bits per heavy atom. The first-order valence-electron chi connectivity index (χ1n) is 6.35. The molecule has 23 heavy (non-hydrogen) atoms. The van der Waals surface area contributed by atoms with Crippen LogP contribution < -0.4 is 4.57 Å². The van der Waals surface area contributed by atoms with Crippen LogP contribution in [0.1, 0.15) is 19.4 Å². The number of aromatic nitrogens is 1. The molecule has 1 aromatic carbocycles. The number of benzene rings is 1. The molecule has 0 amide bonds. The van der Waals surface area contributed by atoms with Crippen molar-refractivity contribution < 1.29 is 21.4 Å². The molecular weight excluding hydrogens is 453 g/mol. The van der Waals surface area contributed by atoms with Crippen LogP contribution in [-0.2, 0) is 5.54 Å². The normalized spacial score (nSPS) is 15.0. The molecule has 0 saturated carbocycles. The minimum absolute atomic E-state index is 0.0636. The topological polar surface area (TPSA) is 3.88 Å². The van der Waals surface area contributed by atoms with Crippen molar-refractivity contribution in [3.05, 3.63) is 65.4 Å². The molecule has 1 aromatic heterocycles. The van der Waals surface area contributed by atoms with Crippen molar-refractivity contribution in [3.8, 4) is 0 Å². The van der Waals surface area contributed by atoms with Crippen molar-refractivity contribution in [2.45, 2.75) is 19.4 Å². The number of hydrogen-bond donors (Lipinski definition) is 0. The van der Waals surface area contributed by atoms with Crippen molar-refractivity contribution >= 4 is 31.1 Å². The van der Waals surface area contributed by atoms with Gasteiger partial charge in [0, 0.05) is 36.6 Å². The van der Waals surface area contributed by atoms with Gasteiger partial charge in [0.1, 0.15) is 0 Å². The number of nitrogens with zero attached hydrogens (tertiary/aromatic N) is 1. The summed E-state index contributed by atoms with van der Waals surface area (Å²) in [7, 11) is 0. The fraction of sp³-hybridized carbons (Fsp3) is 0.214. The van der Waals surface area contributed by atoms with E-state index >= 15 is 0 Å². The van der Waals surface area contributed by atoms with E-state index in [-0.39, 0.29) is 5.54 Å². The molecule has 0 fully saturated rings. The summed E-state index contributed by atoms with van der Waals surface area (Å²) in [6.45, 7) is 4.38. The summed E-state index contributed by atoms with van der Waals surface area (Å²) >= 11 is -5.35. The number of hydrogen-bond acceptors (Lipinski definition) is 0. The SMILES string of the molecule is CC(C)(c1ccc(Cl)cc1)[n+]1ccccc1.[F][Sb-]([F])([F])([F])([F])[F]. The van der Waals surface area contributed by atoms with E-state index in [0.717, 1.165) is 5.02 Å². The second kappa shape index (κ2) is 5.85. The van der Waals surface area contributed by atoms with Gasteiger partial charge in [-0.25, -0.2) is 0 Å². The third kappa shape index (κ3) is 9.06. The first-order valence-corrected chi connectivity index (χ1v) is 12.5. The van der Waals surface area contributed by atoms with Gasteiger partial charge >= 0.3 is 36.4 Å². The average molecular weight is 468 g/mol. The van der Waals surface area contributed by atoms with Crippen LogP contribution in [0.15, 0.2) is 54.9 Å². The molecule has 2 rings (SSSR count). The molecule has 0 radical (unpaired) electrons. The molecular formula is C14H15ClF6NSb. The van der Waals surface area contributed by atoms with Gasteiger partial charge < -0.3 is 0 Å². The summed E-state index contributed by atoms with van der Waals surface area (Å²) in [4.78, 5) is 0. The third-order valence-corrected chi connectivity index (χ3v) is 3.16. The number of rotatable bonds is 2. The maximum absolute atomic E-state index is 11.2. The Morgan fingerprint density at radius 2 is 1.22 bits per heavy atom. The van der Waals surface area contributed by atoms with E-state index in [1.54, 1.807) is 0 Å². The van der Waals surface area contributed by atoms with Gasteiger partial charge in [0.15, 0.2) is 17.9 Å². The first kappa shape index (κ1) is 20.1. The van der Waals surface area contributed by atoms with Gasteiger partial charge in [-0.3, -0.25) is 0 Å². The second-order valence-electron chi connectivity index (χ2n) is 5.31. The van der Waals surface area contributed by atoms with E-state index in [2.05, 4.69) is 42.9 Å². The molecule has 2 aromatic rings. The maximum atomic E-state index is 9.93. The Kier molecular flexibility index (Phi) is 5.11. The van der Waals surface area contributed by atoms with E-state index in [1.807, 2.05) is 30.3 Å². The van der Waals surface area contributed by atoms with Crippen molar-refractivity contribution in [1.82, 2.24) is 0 Å². The Morgan fingerprint density at radius 3 is 1.61 bits per heavy atom. The molecule has 0 aliphatic carbocycles. The molecule has 0 bridgehead atoms. The summed E-state index contributed by atoms with van der Waals surface area (Å²) in [6.07, 6.45) is 4.16. The fourth-order valence-corrected chi connectivity index (χ4v) is 1.90.